The molecule has 0 aliphatic carbocycles. The lowest BCUT2D eigenvalue weighted by Gasteiger charge is -2.07. The van der Waals surface area contributed by atoms with Crippen LogP contribution in [0.2, 0.25) is 10.0 Å². The fourth-order valence-electron chi connectivity index (χ4n) is 1.54. The molecule has 0 atom stereocenters. The van der Waals surface area contributed by atoms with Gasteiger partial charge in [0.25, 0.3) is 0 Å². The number of nitrogens with one attached hydrogen (secondary N) is 1. The van der Waals surface area contributed by atoms with Crippen molar-refractivity contribution in [2.45, 2.75) is 13.3 Å². The number of methoxy groups -OCH3 is 1. The molecule has 0 saturated heterocycles. The Morgan fingerprint density at radius 3 is 2.72 bits per heavy atom. The molecular formula is C14H19Cl2NO. The molecule has 0 aliphatic rings. The highest BCUT2D eigenvalue weighted by Gasteiger charge is 1.99. The van der Waals surface area contributed by atoms with E-state index >= 15 is 0 Å². The molecule has 0 saturated carbocycles. The van der Waals surface area contributed by atoms with E-state index in [1.165, 1.54) is 5.57 Å². The predicted molar refractivity (Wildman–Crippen MR) is 79.5 cm³/mol. The van der Waals surface area contributed by atoms with Crippen molar-refractivity contribution >= 4 is 29.3 Å². The Bertz CT molecular complexity index is 405. The summed E-state index contributed by atoms with van der Waals surface area (Å²) in [5.41, 5.74) is 2.40. The van der Waals surface area contributed by atoms with Gasteiger partial charge in [0, 0.05) is 20.2 Å². The van der Waals surface area contributed by atoms with Crippen LogP contribution in [0.4, 0.5) is 0 Å². The smallest absolute Gasteiger partial charge is 0.0598 e. The van der Waals surface area contributed by atoms with Crippen molar-refractivity contribution in [3.8, 4) is 0 Å². The Balaban J connectivity index is 2.62. The molecule has 0 fully saturated rings. The van der Waals surface area contributed by atoms with Crippen molar-refractivity contribution in [2.24, 2.45) is 0 Å². The highest BCUT2D eigenvalue weighted by Crippen LogP contribution is 2.23. The Kier molecular flexibility index (Phi) is 7.36. The van der Waals surface area contributed by atoms with Crippen LogP contribution in [-0.4, -0.2) is 26.8 Å². The van der Waals surface area contributed by atoms with E-state index in [0.29, 0.717) is 10.0 Å². The summed E-state index contributed by atoms with van der Waals surface area (Å²) in [7, 11) is 1.70. The highest BCUT2D eigenvalue weighted by molar-refractivity contribution is 6.42. The summed E-state index contributed by atoms with van der Waals surface area (Å²) in [5.74, 6) is 0. The molecule has 0 aliphatic heterocycles. The number of benzene rings is 1. The zero-order valence-corrected chi connectivity index (χ0v) is 12.3. The van der Waals surface area contributed by atoms with Gasteiger partial charge in [-0.25, -0.2) is 0 Å². The highest BCUT2D eigenvalue weighted by atomic mass is 35.5. The molecule has 0 bridgehead atoms. The normalized spacial score (nSPS) is 11.9. The molecule has 0 spiro atoms. The molecule has 0 amide bonds. The molecule has 0 aromatic heterocycles. The van der Waals surface area contributed by atoms with Gasteiger partial charge in [0.05, 0.1) is 16.7 Å². The summed E-state index contributed by atoms with van der Waals surface area (Å²) in [5, 5.41) is 4.51. The number of rotatable bonds is 7. The fraction of sp³-hybridized carbons (Fsp3) is 0.429. The summed E-state index contributed by atoms with van der Waals surface area (Å²) in [6.45, 7) is 4.58. The number of hydrogen-bond donors (Lipinski definition) is 1. The standard InChI is InChI=1S/C14H19Cl2NO/c1-3-11(10-17-6-7-18-2)8-12-4-5-13(15)14(16)9-12/h4-5,8-9,17H,3,6-7,10H2,1-2H3. The summed E-state index contributed by atoms with van der Waals surface area (Å²) in [4.78, 5) is 0. The van der Waals surface area contributed by atoms with E-state index in [-0.39, 0.29) is 0 Å². The molecule has 1 rings (SSSR count). The van der Waals surface area contributed by atoms with E-state index < -0.39 is 0 Å². The first-order valence-corrected chi connectivity index (χ1v) is 6.77. The van der Waals surface area contributed by atoms with Crippen LogP contribution < -0.4 is 5.32 Å². The van der Waals surface area contributed by atoms with E-state index in [1.54, 1.807) is 7.11 Å². The second-order valence-electron chi connectivity index (χ2n) is 4.00. The number of ether oxygens (including phenoxy) is 1. The molecular weight excluding hydrogens is 269 g/mol. The van der Waals surface area contributed by atoms with Gasteiger partial charge in [0.2, 0.25) is 0 Å². The van der Waals surface area contributed by atoms with Gasteiger partial charge in [-0.1, -0.05) is 47.8 Å². The minimum atomic E-state index is 0.588. The predicted octanol–water partition coefficient (Wildman–Crippen LogP) is 4.02. The molecule has 1 N–H and O–H groups in total. The minimum absolute atomic E-state index is 0.588. The average molecular weight is 288 g/mol. The number of hydrogen-bond acceptors (Lipinski definition) is 2. The lowest BCUT2D eigenvalue weighted by atomic mass is 10.1. The average Bonchev–Trinajstić information content (AvgIpc) is 2.37. The topological polar surface area (TPSA) is 21.3 Å². The molecule has 0 heterocycles. The van der Waals surface area contributed by atoms with Gasteiger partial charge in [-0.05, 0) is 24.1 Å². The summed E-state index contributed by atoms with van der Waals surface area (Å²) in [6.07, 6.45) is 3.14. The van der Waals surface area contributed by atoms with Crippen LogP contribution in [0.3, 0.4) is 0 Å². The van der Waals surface area contributed by atoms with Crippen molar-refractivity contribution in [3.05, 3.63) is 39.4 Å². The Morgan fingerprint density at radius 2 is 2.11 bits per heavy atom. The zero-order valence-electron chi connectivity index (χ0n) is 10.8. The minimum Gasteiger partial charge on any atom is -0.383 e. The van der Waals surface area contributed by atoms with Gasteiger partial charge in [-0.2, -0.15) is 0 Å². The second kappa shape index (κ2) is 8.54. The molecule has 18 heavy (non-hydrogen) atoms. The molecule has 1 aromatic rings. The summed E-state index contributed by atoms with van der Waals surface area (Å²) >= 11 is 11.9. The monoisotopic (exact) mass is 287 g/mol. The van der Waals surface area contributed by atoms with Crippen molar-refractivity contribution in [1.82, 2.24) is 5.32 Å². The van der Waals surface area contributed by atoms with Crippen LogP contribution in [0.25, 0.3) is 6.08 Å². The van der Waals surface area contributed by atoms with Gasteiger partial charge in [0.1, 0.15) is 0 Å². The summed E-state index contributed by atoms with van der Waals surface area (Å²) < 4.78 is 4.99. The van der Waals surface area contributed by atoms with Crippen LogP contribution in [-0.2, 0) is 4.74 Å². The van der Waals surface area contributed by atoms with E-state index in [0.717, 1.165) is 31.7 Å². The first kappa shape index (κ1) is 15.5. The van der Waals surface area contributed by atoms with Crippen LogP contribution >= 0.6 is 23.2 Å². The molecule has 0 radical (unpaired) electrons. The largest absolute Gasteiger partial charge is 0.383 e. The van der Waals surface area contributed by atoms with Gasteiger partial charge in [-0.15, -0.1) is 0 Å². The van der Waals surface area contributed by atoms with Gasteiger partial charge < -0.3 is 10.1 Å². The summed E-state index contributed by atoms with van der Waals surface area (Å²) in [6, 6.07) is 5.68. The van der Waals surface area contributed by atoms with Gasteiger partial charge in [-0.3, -0.25) is 0 Å². The maximum Gasteiger partial charge on any atom is 0.0598 e. The van der Waals surface area contributed by atoms with Crippen LogP contribution in [0.1, 0.15) is 18.9 Å². The van der Waals surface area contributed by atoms with Gasteiger partial charge >= 0.3 is 0 Å². The maximum atomic E-state index is 5.99. The maximum absolute atomic E-state index is 5.99. The van der Waals surface area contributed by atoms with Crippen LogP contribution in [0.5, 0.6) is 0 Å². The Morgan fingerprint density at radius 1 is 1.33 bits per heavy atom. The van der Waals surface area contributed by atoms with Crippen LogP contribution in [0, 0.1) is 0 Å². The molecule has 100 valence electrons. The third kappa shape index (κ3) is 5.40. The van der Waals surface area contributed by atoms with Crippen molar-refractivity contribution in [2.75, 3.05) is 26.8 Å². The molecule has 4 heteroatoms. The van der Waals surface area contributed by atoms with Crippen LogP contribution in [0.15, 0.2) is 23.8 Å². The van der Waals surface area contributed by atoms with Crippen molar-refractivity contribution < 1.29 is 4.74 Å². The number of halogens is 2. The SMILES string of the molecule is CCC(=Cc1ccc(Cl)c(Cl)c1)CNCCOC. The first-order chi connectivity index (χ1) is 8.67. The quantitative estimate of drug-likeness (QED) is 0.765. The Hall–Kier alpha value is -0.540. The molecule has 0 unspecified atom stereocenters. The third-order valence-electron chi connectivity index (χ3n) is 2.60. The fourth-order valence-corrected chi connectivity index (χ4v) is 1.85. The van der Waals surface area contributed by atoms with E-state index in [1.807, 2.05) is 18.2 Å². The second-order valence-corrected chi connectivity index (χ2v) is 4.81. The van der Waals surface area contributed by atoms with Crippen molar-refractivity contribution in [3.63, 3.8) is 0 Å². The van der Waals surface area contributed by atoms with E-state index in [9.17, 15) is 0 Å². The molecule has 2 nitrogen and oxygen atoms in total. The third-order valence-corrected chi connectivity index (χ3v) is 3.34. The zero-order chi connectivity index (χ0) is 13.4. The first-order valence-electron chi connectivity index (χ1n) is 6.01. The van der Waals surface area contributed by atoms with Gasteiger partial charge in [0.15, 0.2) is 0 Å². The van der Waals surface area contributed by atoms with E-state index in [4.69, 9.17) is 27.9 Å². The van der Waals surface area contributed by atoms with Crippen molar-refractivity contribution in [1.29, 1.82) is 0 Å². The lowest BCUT2D eigenvalue weighted by molar-refractivity contribution is 0.200. The Labute approximate surface area is 119 Å². The lowest BCUT2D eigenvalue weighted by Crippen LogP contribution is -2.21. The molecule has 1 aromatic carbocycles. The van der Waals surface area contributed by atoms with E-state index in [2.05, 4.69) is 18.3 Å².